The maximum Gasteiger partial charge on any atom is 0.111 e. The molecule has 0 bridgehead atoms. The molecule has 1 aliphatic heterocycles. The Kier molecular flexibility index (Phi) is 1.69. The van der Waals surface area contributed by atoms with E-state index in [1.807, 2.05) is 0 Å². The van der Waals surface area contributed by atoms with Crippen LogP contribution in [-0.4, -0.2) is 40.1 Å². The van der Waals surface area contributed by atoms with Crippen molar-refractivity contribution in [3.63, 3.8) is 0 Å². The van der Waals surface area contributed by atoms with Crippen molar-refractivity contribution in [1.82, 2.24) is 5.01 Å². The summed E-state index contributed by atoms with van der Waals surface area (Å²) in [5.74, 6) is 5.25. The lowest BCUT2D eigenvalue weighted by atomic mass is 10.2. The Morgan fingerprint density at radius 2 is 2.00 bits per heavy atom. The van der Waals surface area contributed by atoms with Gasteiger partial charge < -0.3 is 15.9 Å². The minimum absolute atomic E-state index is 0.238. The molecule has 54 valence electrons. The van der Waals surface area contributed by atoms with Gasteiger partial charge in [0.05, 0.1) is 12.3 Å². The van der Waals surface area contributed by atoms with Gasteiger partial charge in [-0.05, 0) is 0 Å². The maximum atomic E-state index is 8.94. The summed E-state index contributed by atoms with van der Waals surface area (Å²) in [5.41, 5.74) is 5.30. The van der Waals surface area contributed by atoms with Gasteiger partial charge in [-0.3, -0.25) is 5.84 Å². The molecule has 5 heteroatoms. The van der Waals surface area contributed by atoms with E-state index in [0.717, 1.165) is 0 Å². The summed E-state index contributed by atoms with van der Waals surface area (Å²) in [6.45, 7) is 0.238. The number of aliphatic hydroxyl groups excluding tert-OH is 2. The minimum Gasteiger partial charge on any atom is -0.389 e. The van der Waals surface area contributed by atoms with Gasteiger partial charge in [0.2, 0.25) is 0 Å². The maximum absolute atomic E-state index is 8.94. The zero-order valence-corrected chi connectivity index (χ0v) is 4.94. The van der Waals surface area contributed by atoms with E-state index >= 15 is 0 Å². The molecule has 0 amide bonds. The number of aliphatic hydroxyl groups is 2. The summed E-state index contributed by atoms with van der Waals surface area (Å²) >= 11 is 0. The number of hydrogen-bond acceptors (Lipinski definition) is 5. The highest BCUT2D eigenvalue weighted by molar-refractivity contribution is 4.86. The highest BCUT2D eigenvalue weighted by atomic mass is 16.3. The van der Waals surface area contributed by atoms with Crippen LogP contribution in [0.5, 0.6) is 0 Å². The van der Waals surface area contributed by atoms with E-state index in [0.29, 0.717) is 0 Å². The quantitative estimate of drug-likeness (QED) is 0.267. The molecule has 1 aliphatic rings. The SMILES string of the molecule is NC1[C@H](O)[C@@H](O)CN1N. The van der Waals surface area contributed by atoms with E-state index in [1.54, 1.807) is 0 Å². The lowest BCUT2D eigenvalue weighted by Gasteiger charge is -2.14. The van der Waals surface area contributed by atoms with Crippen molar-refractivity contribution in [3.05, 3.63) is 0 Å². The Bertz CT molecular complexity index is 98.0. The van der Waals surface area contributed by atoms with Crippen LogP contribution in [0.4, 0.5) is 0 Å². The summed E-state index contributed by atoms with van der Waals surface area (Å²) < 4.78 is 0. The van der Waals surface area contributed by atoms with Crippen molar-refractivity contribution < 1.29 is 10.2 Å². The van der Waals surface area contributed by atoms with Gasteiger partial charge >= 0.3 is 0 Å². The predicted molar refractivity (Wildman–Crippen MR) is 30.9 cm³/mol. The van der Waals surface area contributed by atoms with Gasteiger partial charge in [-0.1, -0.05) is 0 Å². The van der Waals surface area contributed by atoms with Crippen LogP contribution in [0.15, 0.2) is 0 Å². The first kappa shape index (κ1) is 6.91. The molecule has 0 aromatic carbocycles. The lowest BCUT2D eigenvalue weighted by Crippen LogP contribution is -2.46. The largest absolute Gasteiger partial charge is 0.389 e. The Hall–Kier alpha value is -0.200. The van der Waals surface area contributed by atoms with Gasteiger partial charge in [-0.2, -0.15) is 0 Å². The summed E-state index contributed by atoms with van der Waals surface area (Å²) in [4.78, 5) is 0. The fourth-order valence-corrected chi connectivity index (χ4v) is 0.869. The molecule has 0 radical (unpaired) electrons. The Morgan fingerprint density at radius 1 is 1.44 bits per heavy atom. The molecule has 0 aromatic rings. The Balaban J connectivity index is 2.54. The highest BCUT2D eigenvalue weighted by Gasteiger charge is 2.35. The Labute approximate surface area is 52.8 Å². The smallest absolute Gasteiger partial charge is 0.111 e. The van der Waals surface area contributed by atoms with E-state index in [4.69, 9.17) is 21.8 Å². The standard InChI is InChI=1S/C4H11N3O2/c5-4-3(9)2(8)1-7(4)6/h2-4,8-9H,1,5-6H2/t2-,3+,4?/m0/s1. The molecule has 0 aromatic heterocycles. The summed E-state index contributed by atoms with van der Waals surface area (Å²) in [6.07, 6.45) is -2.33. The van der Waals surface area contributed by atoms with Crippen molar-refractivity contribution in [1.29, 1.82) is 0 Å². The van der Waals surface area contributed by atoms with Crippen LogP contribution < -0.4 is 11.6 Å². The second-order valence-electron chi connectivity index (χ2n) is 2.25. The topological polar surface area (TPSA) is 95.7 Å². The molecule has 6 N–H and O–H groups in total. The fourth-order valence-electron chi connectivity index (χ4n) is 0.869. The molecule has 0 aliphatic carbocycles. The summed E-state index contributed by atoms with van der Waals surface area (Å²) in [6, 6.07) is 0. The van der Waals surface area contributed by atoms with Crippen LogP contribution in [0.25, 0.3) is 0 Å². The van der Waals surface area contributed by atoms with Gasteiger partial charge in [0, 0.05) is 6.54 Å². The van der Waals surface area contributed by atoms with E-state index in [-0.39, 0.29) is 6.54 Å². The third-order valence-corrected chi connectivity index (χ3v) is 1.52. The second-order valence-corrected chi connectivity index (χ2v) is 2.25. The van der Waals surface area contributed by atoms with Crippen molar-refractivity contribution in [2.24, 2.45) is 11.6 Å². The number of nitrogens with two attached hydrogens (primary N) is 2. The minimum atomic E-state index is -0.907. The predicted octanol–water partition coefficient (Wildman–Crippen LogP) is -2.82. The van der Waals surface area contributed by atoms with Gasteiger partial charge in [-0.15, -0.1) is 0 Å². The van der Waals surface area contributed by atoms with Crippen LogP contribution in [0.2, 0.25) is 0 Å². The van der Waals surface area contributed by atoms with Gasteiger partial charge in [0.15, 0.2) is 0 Å². The first-order valence-electron chi connectivity index (χ1n) is 2.76. The zero-order valence-electron chi connectivity index (χ0n) is 4.94. The first-order chi connectivity index (χ1) is 4.13. The van der Waals surface area contributed by atoms with Crippen molar-refractivity contribution in [2.75, 3.05) is 6.54 Å². The van der Waals surface area contributed by atoms with E-state index in [9.17, 15) is 0 Å². The second kappa shape index (κ2) is 2.20. The molecular weight excluding hydrogens is 122 g/mol. The molecule has 3 atom stereocenters. The first-order valence-corrected chi connectivity index (χ1v) is 2.76. The van der Waals surface area contributed by atoms with Crippen LogP contribution in [0.1, 0.15) is 0 Å². The fraction of sp³-hybridized carbons (Fsp3) is 1.00. The van der Waals surface area contributed by atoms with Crippen LogP contribution >= 0.6 is 0 Å². The third-order valence-electron chi connectivity index (χ3n) is 1.52. The monoisotopic (exact) mass is 133 g/mol. The van der Waals surface area contributed by atoms with E-state index in [1.165, 1.54) is 5.01 Å². The van der Waals surface area contributed by atoms with Crippen molar-refractivity contribution in [3.8, 4) is 0 Å². The van der Waals surface area contributed by atoms with Gasteiger partial charge in [-0.25, -0.2) is 5.01 Å². The molecule has 1 fully saturated rings. The highest BCUT2D eigenvalue weighted by Crippen LogP contribution is 2.09. The van der Waals surface area contributed by atoms with Crippen LogP contribution in [0.3, 0.4) is 0 Å². The van der Waals surface area contributed by atoms with Crippen LogP contribution in [-0.2, 0) is 0 Å². The Morgan fingerprint density at radius 3 is 2.11 bits per heavy atom. The lowest BCUT2D eigenvalue weighted by molar-refractivity contribution is 0.0390. The average Bonchev–Trinajstić information content (AvgIpc) is 1.98. The van der Waals surface area contributed by atoms with Gasteiger partial charge in [0.1, 0.15) is 6.10 Å². The van der Waals surface area contributed by atoms with Crippen LogP contribution in [0, 0.1) is 0 Å². The zero-order chi connectivity index (χ0) is 7.02. The molecule has 5 nitrogen and oxygen atoms in total. The molecule has 1 rings (SSSR count). The number of hydrogen-bond donors (Lipinski definition) is 4. The summed E-state index contributed by atoms with van der Waals surface area (Å²) in [7, 11) is 0. The summed E-state index contributed by atoms with van der Waals surface area (Å²) in [5, 5.41) is 19.0. The number of β-amino-alcohol motifs (C(OH)–C–C–N with tert-alkyl or cyclic N) is 1. The molecule has 1 heterocycles. The molecule has 0 spiro atoms. The number of rotatable bonds is 0. The normalized spacial score (nSPS) is 46.0. The van der Waals surface area contributed by atoms with E-state index < -0.39 is 18.4 Å². The molecule has 9 heavy (non-hydrogen) atoms. The molecule has 0 saturated carbocycles. The average molecular weight is 133 g/mol. The molecule has 1 unspecified atom stereocenters. The molecular formula is C4H11N3O2. The number of nitrogens with zero attached hydrogens (tertiary/aromatic N) is 1. The van der Waals surface area contributed by atoms with E-state index in [2.05, 4.69) is 0 Å². The molecule has 1 saturated heterocycles. The van der Waals surface area contributed by atoms with Crippen molar-refractivity contribution >= 4 is 0 Å². The number of hydrazine groups is 1. The van der Waals surface area contributed by atoms with Crippen molar-refractivity contribution in [2.45, 2.75) is 18.4 Å². The van der Waals surface area contributed by atoms with Gasteiger partial charge in [0.25, 0.3) is 0 Å². The third kappa shape index (κ3) is 1.05.